The Kier molecular flexibility index (Phi) is 6.80. The van der Waals surface area contributed by atoms with Crippen molar-refractivity contribution in [1.82, 2.24) is 0 Å². The number of hydrogen-bond donors (Lipinski definition) is 0. The van der Waals surface area contributed by atoms with Crippen LogP contribution < -0.4 is 4.90 Å². The van der Waals surface area contributed by atoms with E-state index in [4.69, 9.17) is 8.83 Å². The van der Waals surface area contributed by atoms with Gasteiger partial charge in [0.1, 0.15) is 16.7 Å². The van der Waals surface area contributed by atoms with E-state index < -0.39 is 0 Å². The predicted octanol–water partition coefficient (Wildman–Crippen LogP) is 15.8. The number of rotatable bonds is 5. The fraction of sp³-hybridized carbons (Fsp3) is 0. The maximum atomic E-state index is 6.95. The van der Waals surface area contributed by atoms with Gasteiger partial charge in [-0.15, -0.1) is 11.3 Å². The number of nitrogens with zero attached hydrogens (tertiary/aromatic N) is 1. The molecule has 0 atom stereocenters. The van der Waals surface area contributed by atoms with Gasteiger partial charge in [0.25, 0.3) is 0 Å². The van der Waals surface area contributed by atoms with Gasteiger partial charge in [0.2, 0.25) is 0 Å². The lowest BCUT2D eigenvalue weighted by molar-refractivity contribution is 0.669. The monoisotopic (exact) mass is 733 g/mol. The molecule has 12 rings (SSSR count). The minimum Gasteiger partial charge on any atom is -0.455 e. The maximum absolute atomic E-state index is 6.95. The Morgan fingerprint density at radius 2 is 1.02 bits per heavy atom. The molecule has 0 amide bonds. The topological polar surface area (TPSA) is 29.5 Å². The van der Waals surface area contributed by atoms with Crippen molar-refractivity contribution >= 4 is 103 Å². The van der Waals surface area contributed by atoms with Crippen molar-refractivity contribution in [2.75, 3.05) is 4.90 Å². The molecule has 4 heteroatoms. The van der Waals surface area contributed by atoms with E-state index in [0.717, 1.165) is 72.1 Å². The van der Waals surface area contributed by atoms with Crippen LogP contribution in [0.4, 0.5) is 17.1 Å². The van der Waals surface area contributed by atoms with Gasteiger partial charge in [-0.3, -0.25) is 0 Å². The summed E-state index contributed by atoms with van der Waals surface area (Å²) >= 11 is 1.84. The first-order valence-corrected chi connectivity index (χ1v) is 19.7. The zero-order chi connectivity index (χ0) is 36.7. The molecule has 262 valence electrons. The molecule has 0 spiro atoms. The largest absolute Gasteiger partial charge is 0.455 e. The molecular weight excluding hydrogens is 703 g/mol. The van der Waals surface area contributed by atoms with E-state index in [0.29, 0.717) is 0 Å². The van der Waals surface area contributed by atoms with Crippen molar-refractivity contribution < 1.29 is 8.83 Å². The Morgan fingerprint density at radius 1 is 0.393 bits per heavy atom. The van der Waals surface area contributed by atoms with Crippen LogP contribution in [0.2, 0.25) is 0 Å². The number of hydrogen-bond acceptors (Lipinski definition) is 4. The lowest BCUT2D eigenvalue weighted by atomic mass is 9.94. The molecular formula is C52H31NO2S. The summed E-state index contributed by atoms with van der Waals surface area (Å²) in [6.45, 7) is 0. The molecule has 9 aromatic carbocycles. The van der Waals surface area contributed by atoms with Crippen molar-refractivity contribution in [2.45, 2.75) is 0 Å². The molecule has 0 bridgehead atoms. The summed E-state index contributed by atoms with van der Waals surface area (Å²) in [7, 11) is 0. The van der Waals surface area contributed by atoms with Gasteiger partial charge >= 0.3 is 0 Å². The van der Waals surface area contributed by atoms with Crippen molar-refractivity contribution in [3.63, 3.8) is 0 Å². The van der Waals surface area contributed by atoms with Gasteiger partial charge < -0.3 is 13.7 Å². The van der Waals surface area contributed by atoms with Gasteiger partial charge in [-0.2, -0.15) is 0 Å². The van der Waals surface area contributed by atoms with Crippen LogP contribution in [0, 0.1) is 0 Å². The molecule has 0 saturated heterocycles. The highest BCUT2D eigenvalue weighted by molar-refractivity contribution is 7.26. The van der Waals surface area contributed by atoms with E-state index in [1.807, 2.05) is 17.4 Å². The van der Waals surface area contributed by atoms with Gasteiger partial charge in [0.15, 0.2) is 5.58 Å². The first kappa shape index (κ1) is 31.2. The third-order valence-corrected chi connectivity index (χ3v) is 12.5. The molecule has 0 fully saturated rings. The van der Waals surface area contributed by atoms with Crippen molar-refractivity contribution in [3.8, 4) is 22.3 Å². The van der Waals surface area contributed by atoms with Crippen LogP contribution in [0.5, 0.6) is 0 Å². The second kappa shape index (κ2) is 12.2. The van der Waals surface area contributed by atoms with Crippen LogP contribution >= 0.6 is 11.3 Å². The predicted molar refractivity (Wildman–Crippen MR) is 237 cm³/mol. The molecule has 0 radical (unpaired) electrons. The minimum atomic E-state index is 0.824. The van der Waals surface area contributed by atoms with E-state index in [1.165, 1.54) is 42.1 Å². The van der Waals surface area contributed by atoms with Gasteiger partial charge in [0.05, 0.1) is 5.69 Å². The highest BCUT2D eigenvalue weighted by Crippen LogP contribution is 2.51. The smallest absolute Gasteiger partial charge is 0.160 e. The van der Waals surface area contributed by atoms with Crippen LogP contribution in [0.25, 0.3) is 97.1 Å². The Balaban J connectivity index is 1.12. The first-order valence-electron chi connectivity index (χ1n) is 18.9. The highest BCUT2D eigenvalue weighted by Gasteiger charge is 2.25. The van der Waals surface area contributed by atoms with Crippen molar-refractivity contribution in [3.05, 3.63) is 188 Å². The number of fused-ring (bicyclic) bond motifs is 11. The number of thiophene rings is 1. The fourth-order valence-corrected chi connectivity index (χ4v) is 9.99. The molecule has 0 aliphatic carbocycles. The summed E-state index contributed by atoms with van der Waals surface area (Å²) in [5, 5.41) is 9.40. The second-order valence-corrected chi connectivity index (χ2v) is 15.4. The number of benzene rings is 9. The van der Waals surface area contributed by atoms with Gasteiger partial charge in [-0.05, 0) is 82.1 Å². The van der Waals surface area contributed by atoms with Crippen molar-refractivity contribution in [1.29, 1.82) is 0 Å². The first-order chi connectivity index (χ1) is 27.8. The summed E-state index contributed by atoms with van der Waals surface area (Å²) in [5.41, 5.74) is 11.0. The molecule has 3 aromatic heterocycles. The van der Waals surface area contributed by atoms with Crippen molar-refractivity contribution in [2.24, 2.45) is 0 Å². The van der Waals surface area contributed by atoms with Gasteiger partial charge in [-0.25, -0.2) is 0 Å². The van der Waals surface area contributed by atoms with Crippen LogP contribution in [0.15, 0.2) is 197 Å². The molecule has 56 heavy (non-hydrogen) atoms. The lowest BCUT2D eigenvalue weighted by Gasteiger charge is -2.26. The van der Waals surface area contributed by atoms with Gasteiger partial charge in [-0.1, -0.05) is 133 Å². The second-order valence-electron chi connectivity index (χ2n) is 14.4. The molecule has 3 heterocycles. The van der Waals surface area contributed by atoms with E-state index in [-0.39, 0.29) is 0 Å². The summed E-state index contributed by atoms with van der Waals surface area (Å²) in [6.07, 6.45) is 0. The average Bonchev–Trinajstić information content (AvgIpc) is 3.96. The summed E-state index contributed by atoms with van der Waals surface area (Å²) in [4.78, 5) is 2.31. The number of furan rings is 2. The van der Waals surface area contributed by atoms with Gasteiger partial charge in [0, 0.05) is 58.7 Å². The van der Waals surface area contributed by atoms with E-state index in [2.05, 4.69) is 187 Å². The van der Waals surface area contributed by atoms with Crippen LogP contribution in [-0.2, 0) is 0 Å². The molecule has 12 aromatic rings. The quantitative estimate of drug-likeness (QED) is 0.176. The van der Waals surface area contributed by atoms with E-state index in [1.54, 1.807) is 0 Å². The van der Waals surface area contributed by atoms with E-state index >= 15 is 0 Å². The van der Waals surface area contributed by atoms with Crippen LogP contribution in [-0.4, -0.2) is 0 Å². The molecule has 0 aliphatic rings. The summed E-state index contributed by atoms with van der Waals surface area (Å²) in [6, 6.07) is 66.9. The Labute approximate surface area is 325 Å². The lowest BCUT2D eigenvalue weighted by Crippen LogP contribution is -2.10. The Bertz CT molecular complexity index is 3480. The summed E-state index contributed by atoms with van der Waals surface area (Å²) < 4.78 is 16.3. The maximum Gasteiger partial charge on any atom is 0.160 e. The molecule has 0 unspecified atom stereocenters. The number of anilines is 3. The molecule has 0 N–H and O–H groups in total. The highest BCUT2D eigenvalue weighted by atomic mass is 32.1. The normalized spacial score (nSPS) is 11.9. The molecule has 0 aliphatic heterocycles. The van der Waals surface area contributed by atoms with Crippen LogP contribution in [0.1, 0.15) is 0 Å². The summed E-state index contributed by atoms with van der Waals surface area (Å²) in [5.74, 6) is 0. The standard InChI is InChI=1S/C52H31NO2S/c1-2-15-34(16-3-1)53(35-27-25-33(26-28-35)37-21-12-14-32-13-4-5-17-36(32)37)44-30-29-39(48-40-19-6-9-22-45(40)55-51(44)48)42-31-43-38-18-8-11-24-47(38)56-52(43)49-41-20-7-10-23-46(41)54-50(42)49/h1-31H. The molecule has 3 nitrogen and oxygen atoms in total. The Hall–Kier alpha value is -7.14. The number of para-hydroxylation sites is 3. The zero-order valence-corrected chi connectivity index (χ0v) is 30.9. The SMILES string of the molecule is c1ccc(N(c2ccc(-c3cccc4ccccc34)cc2)c2ccc(-c3cc4c5ccccc5sc4c4c3oc3ccccc34)c3c2oc2ccccc23)cc1. The third-order valence-electron chi connectivity index (χ3n) is 11.3. The molecule has 0 saturated carbocycles. The zero-order valence-electron chi connectivity index (χ0n) is 30.1. The Morgan fingerprint density at radius 3 is 1.82 bits per heavy atom. The van der Waals surface area contributed by atoms with Crippen LogP contribution in [0.3, 0.4) is 0 Å². The third kappa shape index (κ3) is 4.63. The average molecular weight is 734 g/mol. The van der Waals surface area contributed by atoms with E-state index in [9.17, 15) is 0 Å². The fourth-order valence-electron chi connectivity index (χ4n) is 8.75. The minimum absolute atomic E-state index is 0.824.